The number of H-pyrrole nitrogens is 1. The summed E-state index contributed by atoms with van der Waals surface area (Å²) < 4.78 is 0. The molecular formula is C22H27Cl2N4Pt-. The molecule has 3 rings (SSSR count). The van der Waals surface area contributed by atoms with E-state index in [2.05, 4.69) is 54.0 Å². The number of aromatic amines is 1. The molecule has 29 heavy (non-hydrogen) atoms. The van der Waals surface area contributed by atoms with Gasteiger partial charge in [0, 0.05) is 18.6 Å². The minimum atomic E-state index is -0.472. The molecule has 0 fully saturated rings. The number of nitrogens with one attached hydrogen (secondary N) is 1. The first-order valence-electron chi connectivity index (χ1n) is 8.08. The largest absolute Gasteiger partial charge is 0.277 e. The summed E-state index contributed by atoms with van der Waals surface area (Å²) in [6.45, 7) is 10.3. The predicted octanol–water partition coefficient (Wildman–Crippen LogP) is 7.66. The van der Waals surface area contributed by atoms with Gasteiger partial charge in [-0.05, 0) is 11.6 Å². The normalized spacial score (nSPS) is 7.79. The summed E-state index contributed by atoms with van der Waals surface area (Å²) in [5.74, 6) is 0. The number of aromatic nitrogens is 2. The third kappa shape index (κ3) is 14.5. The van der Waals surface area contributed by atoms with Crippen LogP contribution in [0.2, 0.25) is 0 Å². The third-order valence-corrected chi connectivity index (χ3v) is 2.89. The molecule has 0 spiro atoms. The van der Waals surface area contributed by atoms with Crippen LogP contribution >= 0.6 is 18.8 Å². The summed E-state index contributed by atoms with van der Waals surface area (Å²) in [5.41, 5.74) is 4.31. The van der Waals surface area contributed by atoms with Crippen LogP contribution in [0.4, 0.5) is 0 Å². The Labute approximate surface area is 191 Å². The first kappa shape index (κ1) is 31.6. The fraction of sp³-hybridized carbons (Fsp3) is 0.182. The zero-order valence-electron chi connectivity index (χ0n) is 15.8. The molecule has 0 aliphatic carbocycles. The van der Waals surface area contributed by atoms with Crippen molar-refractivity contribution in [2.24, 2.45) is 0 Å². The molecule has 0 aliphatic rings. The van der Waals surface area contributed by atoms with Gasteiger partial charge in [-0.25, -0.2) is 5.26 Å². The van der Waals surface area contributed by atoms with Crippen molar-refractivity contribution in [1.29, 1.82) is 10.5 Å². The summed E-state index contributed by atoms with van der Waals surface area (Å²) in [6, 6.07) is 24.4. The van der Waals surface area contributed by atoms with Gasteiger partial charge in [0.1, 0.15) is 0 Å². The Morgan fingerprint density at radius 3 is 1.76 bits per heavy atom. The molecule has 0 atom stereocenters. The van der Waals surface area contributed by atoms with Crippen molar-refractivity contribution in [3.63, 3.8) is 0 Å². The molecule has 1 N–H and O–H groups in total. The monoisotopic (exact) mass is 612 g/mol. The van der Waals surface area contributed by atoms with Crippen LogP contribution in [0.15, 0.2) is 66.7 Å². The van der Waals surface area contributed by atoms with Gasteiger partial charge >= 0.3 is 35.3 Å². The molecule has 0 bridgehead atoms. The van der Waals surface area contributed by atoms with E-state index in [0.29, 0.717) is 6.42 Å². The second kappa shape index (κ2) is 23.9. The van der Waals surface area contributed by atoms with E-state index in [4.69, 9.17) is 29.4 Å². The second-order valence-corrected chi connectivity index (χ2v) is 7.74. The summed E-state index contributed by atoms with van der Waals surface area (Å²) >= 11 is -0.472. The predicted molar refractivity (Wildman–Crippen MR) is 122 cm³/mol. The zero-order valence-corrected chi connectivity index (χ0v) is 19.5. The molecule has 160 valence electrons. The summed E-state index contributed by atoms with van der Waals surface area (Å²) in [7, 11) is 9.75. The molecule has 2 aromatic carbocycles. The van der Waals surface area contributed by atoms with E-state index in [1.54, 1.807) is 6.92 Å². The van der Waals surface area contributed by atoms with E-state index in [0.717, 1.165) is 22.5 Å². The fourth-order valence-corrected chi connectivity index (χ4v) is 1.84. The first-order valence-corrected chi connectivity index (χ1v) is 13.7. The van der Waals surface area contributed by atoms with Gasteiger partial charge < -0.3 is 6.92 Å². The molecule has 0 radical (unpaired) electrons. The molecule has 4 nitrogen and oxygen atoms in total. The van der Waals surface area contributed by atoms with Crippen molar-refractivity contribution in [1.82, 2.24) is 10.2 Å². The Morgan fingerprint density at radius 2 is 1.38 bits per heavy atom. The van der Waals surface area contributed by atoms with E-state index in [-0.39, 0.29) is 7.43 Å². The Bertz CT molecular complexity index is 716. The van der Waals surface area contributed by atoms with Crippen molar-refractivity contribution in [3.05, 3.63) is 73.7 Å². The zero-order chi connectivity index (χ0) is 21.6. The van der Waals surface area contributed by atoms with Gasteiger partial charge in [0.15, 0.2) is 0 Å². The fourth-order valence-electron chi connectivity index (χ4n) is 1.84. The average Bonchev–Trinajstić information content (AvgIpc) is 3.29. The maximum atomic E-state index is 7.62. The number of halogens is 2. The van der Waals surface area contributed by atoms with Crippen LogP contribution in [0.3, 0.4) is 0 Å². The summed E-state index contributed by atoms with van der Waals surface area (Å²) in [4.78, 5) is 0. The van der Waals surface area contributed by atoms with Crippen LogP contribution in [-0.2, 0) is 16.5 Å². The average molecular weight is 613 g/mol. The Hall–Kier alpha value is -2.10. The van der Waals surface area contributed by atoms with Crippen molar-refractivity contribution < 1.29 is 16.5 Å². The van der Waals surface area contributed by atoms with Crippen LogP contribution in [-0.4, -0.2) is 10.2 Å². The quantitative estimate of drug-likeness (QED) is 0.302. The number of nitriles is 2. The van der Waals surface area contributed by atoms with Gasteiger partial charge in [-0.1, -0.05) is 75.0 Å². The van der Waals surface area contributed by atoms with Crippen molar-refractivity contribution >= 4 is 18.8 Å². The maximum Gasteiger partial charge on any atom is 0.0927 e. The number of benzene rings is 2. The van der Waals surface area contributed by atoms with E-state index in [1.165, 1.54) is 0 Å². The van der Waals surface area contributed by atoms with Crippen LogP contribution in [0.25, 0.3) is 22.5 Å². The smallest absolute Gasteiger partial charge is 0.0927 e. The molecule has 0 amide bonds. The molecule has 0 aliphatic heterocycles. The van der Waals surface area contributed by atoms with E-state index in [9.17, 15) is 0 Å². The molecule has 0 unspecified atom stereocenters. The third-order valence-electron chi connectivity index (χ3n) is 2.89. The second-order valence-electron chi connectivity index (χ2n) is 4.46. The number of hydrogen-bond donors (Lipinski definition) is 1. The van der Waals surface area contributed by atoms with Gasteiger partial charge in [-0.2, -0.15) is 17.3 Å². The maximum absolute atomic E-state index is 7.62. The van der Waals surface area contributed by atoms with Gasteiger partial charge in [-0.3, -0.25) is 5.10 Å². The minimum Gasteiger partial charge on any atom is -0.277 e. The van der Waals surface area contributed by atoms with Gasteiger partial charge in [-0.15, -0.1) is 0 Å². The Morgan fingerprint density at radius 1 is 1.00 bits per heavy atom. The molecule has 0 saturated carbocycles. The van der Waals surface area contributed by atoms with Gasteiger partial charge in [0.25, 0.3) is 0 Å². The summed E-state index contributed by atoms with van der Waals surface area (Å²) in [6.07, 6.45) is 0.625. The number of hydrogen-bond acceptors (Lipinski definition) is 3. The summed E-state index contributed by atoms with van der Waals surface area (Å²) in [5, 5.41) is 21.5. The van der Waals surface area contributed by atoms with Crippen LogP contribution in [0.5, 0.6) is 0 Å². The molecule has 7 heteroatoms. The van der Waals surface area contributed by atoms with Crippen molar-refractivity contribution in [2.45, 2.75) is 27.7 Å². The first-order chi connectivity index (χ1) is 13.8. The number of nitrogens with zero attached hydrogens (tertiary/aromatic N) is 3. The Balaban J connectivity index is -0.000000482. The van der Waals surface area contributed by atoms with Crippen LogP contribution in [0.1, 0.15) is 27.7 Å². The molecule has 1 heterocycles. The van der Waals surface area contributed by atoms with Crippen molar-refractivity contribution in [3.8, 4) is 35.2 Å². The SMILES string of the molecule is C.C#N.CCC#N.[CH2-]C.[Cl][Pt][Cl].c1ccc(-c2cc(-c3ccccc3)[nH]n2)cc1. The van der Waals surface area contributed by atoms with Gasteiger partial charge in [0.05, 0.1) is 17.5 Å². The van der Waals surface area contributed by atoms with E-state index in [1.807, 2.05) is 49.4 Å². The molecule has 1 aromatic heterocycles. The van der Waals surface area contributed by atoms with E-state index < -0.39 is 16.5 Å². The minimum absolute atomic E-state index is 0. The Kier molecular flexibility index (Phi) is 26.1. The van der Waals surface area contributed by atoms with E-state index >= 15 is 0 Å². The topological polar surface area (TPSA) is 76.3 Å². The van der Waals surface area contributed by atoms with Crippen LogP contribution < -0.4 is 0 Å². The number of rotatable bonds is 2. The molecule has 3 aromatic rings. The van der Waals surface area contributed by atoms with Gasteiger partial charge in [0.2, 0.25) is 0 Å². The van der Waals surface area contributed by atoms with Crippen molar-refractivity contribution in [2.75, 3.05) is 0 Å². The molecular weight excluding hydrogens is 586 g/mol. The molecule has 0 saturated heterocycles. The standard InChI is InChI=1S/C15H12N2.C3H5N.C2H5.CHN.CH4.2ClH.Pt/c1-3-7-12(8-4-1)14-11-15(17-16-14)13-9-5-2-6-10-13;1-2-3-4;2*1-2;;;;/h1-11H,(H,16,17);2H2,1H3;1H2,2H3;1H;1H4;2*1H;/q;;-1;;;;;+2/p-2. The van der Waals surface area contributed by atoms with Crippen LogP contribution in [0, 0.1) is 30.1 Å².